The zero-order chi connectivity index (χ0) is 16.4. The number of unbranched alkanes of at least 4 members (excludes halogenated alkanes) is 3. The lowest BCUT2D eigenvalue weighted by molar-refractivity contribution is 0.0490. The molecule has 0 spiro atoms. The van der Waals surface area contributed by atoms with Crippen LogP contribution in [0.4, 0.5) is 0 Å². The fraction of sp³-hybridized carbons (Fsp3) is 0.611. The number of methoxy groups -OCH3 is 2. The van der Waals surface area contributed by atoms with Crippen molar-refractivity contribution < 1.29 is 19.0 Å². The molecule has 4 nitrogen and oxygen atoms in total. The van der Waals surface area contributed by atoms with Crippen LogP contribution in [0, 0.1) is 5.92 Å². The van der Waals surface area contributed by atoms with Gasteiger partial charge in [0.2, 0.25) is 0 Å². The van der Waals surface area contributed by atoms with Crippen molar-refractivity contribution in [1.82, 2.24) is 0 Å². The normalized spacial score (nSPS) is 10.6. The largest absolute Gasteiger partial charge is 0.496 e. The smallest absolute Gasteiger partial charge is 0.345 e. The van der Waals surface area contributed by atoms with Crippen LogP contribution in [0.3, 0.4) is 0 Å². The number of carbonyl (C=O) groups excluding carboxylic acids is 1. The predicted octanol–water partition coefficient (Wildman–Crippen LogP) is 4.47. The van der Waals surface area contributed by atoms with E-state index in [9.17, 15) is 4.79 Å². The van der Waals surface area contributed by atoms with Gasteiger partial charge in [0.15, 0.2) is 0 Å². The molecule has 0 unspecified atom stereocenters. The first-order valence-electron chi connectivity index (χ1n) is 7.98. The molecule has 0 N–H and O–H groups in total. The Balaban J connectivity index is 2.40. The van der Waals surface area contributed by atoms with Crippen molar-refractivity contribution in [2.45, 2.75) is 46.0 Å². The SMILES string of the molecule is COc1cccc(OC)c1C(=O)OCCCCCCC(C)C. The molecular formula is C18H28O4. The Labute approximate surface area is 133 Å². The van der Waals surface area contributed by atoms with Gasteiger partial charge in [0, 0.05) is 0 Å². The van der Waals surface area contributed by atoms with Crippen molar-refractivity contribution >= 4 is 5.97 Å². The van der Waals surface area contributed by atoms with Gasteiger partial charge in [-0.2, -0.15) is 0 Å². The van der Waals surface area contributed by atoms with Gasteiger partial charge in [-0.3, -0.25) is 0 Å². The Bertz CT molecular complexity index is 432. The number of hydrogen-bond acceptors (Lipinski definition) is 4. The number of esters is 1. The van der Waals surface area contributed by atoms with Crippen LogP contribution in [-0.4, -0.2) is 26.8 Å². The van der Waals surface area contributed by atoms with E-state index in [2.05, 4.69) is 13.8 Å². The summed E-state index contributed by atoms with van der Waals surface area (Å²) in [5.41, 5.74) is 0.354. The monoisotopic (exact) mass is 308 g/mol. The molecule has 0 aliphatic heterocycles. The minimum atomic E-state index is -0.392. The molecule has 1 rings (SSSR count). The first-order valence-corrected chi connectivity index (χ1v) is 7.98. The average Bonchev–Trinajstić information content (AvgIpc) is 2.52. The van der Waals surface area contributed by atoms with E-state index in [4.69, 9.17) is 14.2 Å². The van der Waals surface area contributed by atoms with Crippen LogP contribution >= 0.6 is 0 Å². The molecule has 1 aromatic carbocycles. The summed E-state index contributed by atoms with van der Waals surface area (Å²) in [5, 5.41) is 0. The van der Waals surface area contributed by atoms with E-state index in [0.29, 0.717) is 23.7 Å². The minimum absolute atomic E-state index is 0.354. The van der Waals surface area contributed by atoms with Gasteiger partial charge in [-0.15, -0.1) is 0 Å². The summed E-state index contributed by atoms with van der Waals surface area (Å²) in [7, 11) is 3.06. The standard InChI is InChI=1S/C18H28O4/c1-14(2)10-7-5-6-8-13-22-18(19)17-15(20-3)11-9-12-16(17)21-4/h9,11-12,14H,5-8,10,13H2,1-4H3. The topological polar surface area (TPSA) is 44.8 Å². The molecule has 4 heteroatoms. The highest BCUT2D eigenvalue weighted by Crippen LogP contribution is 2.28. The summed E-state index contributed by atoms with van der Waals surface area (Å²) in [6.07, 6.45) is 5.67. The summed E-state index contributed by atoms with van der Waals surface area (Å²) < 4.78 is 15.8. The van der Waals surface area contributed by atoms with Gasteiger partial charge in [0.05, 0.1) is 20.8 Å². The van der Waals surface area contributed by atoms with Crippen LogP contribution in [0.5, 0.6) is 11.5 Å². The lowest BCUT2D eigenvalue weighted by atomic mass is 10.0. The highest BCUT2D eigenvalue weighted by molar-refractivity contribution is 5.95. The second-order valence-electron chi connectivity index (χ2n) is 5.77. The second kappa shape index (κ2) is 10.1. The number of rotatable bonds is 10. The van der Waals surface area contributed by atoms with Gasteiger partial charge in [-0.25, -0.2) is 4.79 Å². The first-order chi connectivity index (χ1) is 10.6. The lowest BCUT2D eigenvalue weighted by Gasteiger charge is -2.12. The van der Waals surface area contributed by atoms with Gasteiger partial charge in [-0.05, 0) is 24.5 Å². The molecule has 1 aromatic rings. The van der Waals surface area contributed by atoms with E-state index < -0.39 is 5.97 Å². The number of hydrogen-bond donors (Lipinski definition) is 0. The van der Waals surface area contributed by atoms with Crippen molar-refractivity contribution in [3.63, 3.8) is 0 Å². The Morgan fingerprint density at radius 1 is 1.00 bits per heavy atom. The molecule has 0 amide bonds. The molecule has 0 fully saturated rings. The molecule has 124 valence electrons. The van der Waals surface area contributed by atoms with E-state index >= 15 is 0 Å². The maximum atomic E-state index is 12.2. The third-order valence-electron chi connectivity index (χ3n) is 3.54. The summed E-state index contributed by atoms with van der Waals surface area (Å²) in [4.78, 5) is 12.2. The maximum Gasteiger partial charge on any atom is 0.345 e. The van der Waals surface area contributed by atoms with Crippen molar-refractivity contribution in [2.24, 2.45) is 5.92 Å². The molecule has 0 saturated carbocycles. The fourth-order valence-electron chi connectivity index (χ4n) is 2.30. The number of ether oxygens (including phenoxy) is 3. The van der Waals surface area contributed by atoms with Gasteiger partial charge in [0.25, 0.3) is 0 Å². The van der Waals surface area contributed by atoms with Crippen LogP contribution in [0.1, 0.15) is 56.3 Å². The third-order valence-corrected chi connectivity index (χ3v) is 3.54. The second-order valence-corrected chi connectivity index (χ2v) is 5.77. The predicted molar refractivity (Wildman–Crippen MR) is 87.8 cm³/mol. The molecule has 0 aliphatic carbocycles. The third kappa shape index (κ3) is 5.96. The molecular weight excluding hydrogens is 280 g/mol. The Kier molecular flexibility index (Phi) is 8.41. The maximum absolute atomic E-state index is 12.2. The van der Waals surface area contributed by atoms with E-state index in [1.54, 1.807) is 18.2 Å². The average molecular weight is 308 g/mol. The minimum Gasteiger partial charge on any atom is -0.496 e. The Hall–Kier alpha value is -1.71. The molecule has 0 aromatic heterocycles. The van der Waals surface area contributed by atoms with Gasteiger partial charge < -0.3 is 14.2 Å². The van der Waals surface area contributed by atoms with Crippen molar-refractivity contribution in [3.8, 4) is 11.5 Å². The summed E-state index contributed by atoms with van der Waals surface area (Å²) in [6.45, 7) is 4.91. The van der Waals surface area contributed by atoms with Crippen molar-refractivity contribution in [2.75, 3.05) is 20.8 Å². The molecule has 22 heavy (non-hydrogen) atoms. The van der Waals surface area contributed by atoms with Gasteiger partial charge in [0.1, 0.15) is 17.1 Å². The zero-order valence-electron chi connectivity index (χ0n) is 14.2. The van der Waals surface area contributed by atoms with Crippen molar-refractivity contribution in [1.29, 1.82) is 0 Å². The van der Waals surface area contributed by atoms with Gasteiger partial charge in [-0.1, -0.05) is 45.6 Å². The number of carbonyl (C=O) groups is 1. The van der Waals surface area contributed by atoms with Gasteiger partial charge >= 0.3 is 5.97 Å². The van der Waals surface area contributed by atoms with E-state index in [1.807, 2.05) is 0 Å². The van der Waals surface area contributed by atoms with Crippen LogP contribution in [0.25, 0.3) is 0 Å². The van der Waals surface area contributed by atoms with Crippen LogP contribution in [0.15, 0.2) is 18.2 Å². The lowest BCUT2D eigenvalue weighted by Crippen LogP contribution is -2.10. The summed E-state index contributed by atoms with van der Waals surface area (Å²) >= 11 is 0. The van der Waals surface area contributed by atoms with E-state index in [1.165, 1.54) is 33.5 Å². The van der Waals surface area contributed by atoms with E-state index in [0.717, 1.165) is 18.8 Å². The first kappa shape index (κ1) is 18.3. The molecule has 0 heterocycles. The molecule has 0 saturated heterocycles. The highest BCUT2D eigenvalue weighted by Gasteiger charge is 2.19. The quantitative estimate of drug-likeness (QED) is 0.472. The summed E-state index contributed by atoms with van der Waals surface area (Å²) in [5.74, 6) is 1.31. The van der Waals surface area contributed by atoms with Crippen LogP contribution in [-0.2, 0) is 4.74 Å². The zero-order valence-corrected chi connectivity index (χ0v) is 14.2. The van der Waals surface area contributed by atoms with Crippen LogP contribution in [0.2, 0.25) is 0 Å². The van der Waals surface area contributed by atoms with Crippen LogP contribution < -0.4 is 9.47 Å². The van der Waals surface area contributed by atoms with E-state index in [-0.39, 0.29) is 0 Å². The number of benzene rings is 1. The fourth-order valence-corrected chi connectivity index (χ4v) is 2.30. The summed E-state index contributed by atoms with van der Waals surface area (Å²) in [6, 6.07) is 5.24. The molecule has 0 radical (unpaired) electrons. The molecule has 0 aliphatic rings. The Morgan fingerprint density at radius 3 is 2.14 bits per heavy atom. The van der Waals surface area contributed by atoms with Crippen molar-refractivity contribution in [3.05, 3.63) is 23.8 Å². The highest BCUT2D eigenvalue weighted by atomic mass is 16.5. The Morgan fingerprint density at radius 2 is 1.59 bits per heavy atom. The molecule has 0 atom stereocenters. The molecule has 0 bridgehead atoms.